The molecule has 0 bridgehead atoms. The van der Waals surface area contributed by atoms with Gasteiger partial charge in [-0.2, -0.15) is 0 Å². The number of carboxylic acids is 1. The number of anilines is 1. The quantitative estimate of drug-likeness (QED) is 0.596. The molecule has 1 rings (SSSR count). The highest BCUT2D eigenvalue weighted by Crippen LogP contribution is 2.09. The third-order valence-electron chi connectivity index (χ3n) is 2.99. The van der Waals surface area contributed by atoms with Gasteiger partial charge in [0.1, 0.15) is 11.9 Å². The van der Waals surface area contributed by atoms with Gasteiger partial charge >= 0.3 is 5.97 Å². The topological polar surface area (TPSA) is 81.7 Å². The molecule has 0 radical (unpaired) electrons. The highest BCUT2D eigenvalue weighted by molar-refractivity contribution is 5.93. The normalized spacial score (nSPS) is 12.2. The van der Waals surface area contributed by atoms with Crippen LogP contribution in [-0.2, 0) is 9.59 Å². The second kappa shape index (κ2) is 9.11. The lowest BCUT2D eigenvalue weighted by Crippen LogP contribution is -2.40. The van der Waals surface area contributed by atoms with Crippen molar-refractivity contribution in [3.63, 3.8) is 0 Å². The van der Waals surface area contributed by atoms with E-state index in [2.05, 4.69) is 10.6 Å². The number of hydrogen-bond acceptors (Lipinski definition) is 4. The number of benzene rings is 1. The summed E-state index contributed by atoms with van der Waals surface area (Å²) in [6, 6.07) is 4.36. The van der Waals surface area contributed by atoms with Crippen molar-refractivity contribution >= 4 is 17.6 Å². The molecule has 0 heterocycles. The molecule has 0 spiro atoms. The predicted molar refractivity (Wildman–Crippen MR) is 82.2 cm³/mol. The van der Waals surface area contributed by atoms with Crippen molar-refractivity contribution in [3.8, 4) is 0 Å². The zero-order valence-electron chi connectivity index (χ0n) is 12.8. The van der Waals surface area contributed by atoms with Gasteiger partial charge in [-0.25, -0.2) is 4.39 Å². The average Bonchev–Trinajstić information content (AvgIpc) is 2.44. The molecule has 0 saturated carbocycles. The Labute approximate surface area is 129 Å². The lowest BCUT2D eigenvalue weighted by atomic mass is 10.2. The second-order valence-corrected chi connectivity index (χ2v) is 5.26. The fourth-order valence-electron chi connectivity index (χ4n) is 1.85. The SMILES string of the molecule is CN(C)CCCN[C@@H](CC(=O)Nc1ccc(F)cc1)C(=O)O. The van der Waals surface area contributed by atoms with Crippen LogP contribution in [0.4, 0.5) is 10.1 Å². The van der Waals surface area contributed by atoms with E-state index < -0.39 is 23.7 Å². The van der Waals surface area contributed by atoms with Gasteiger partial charge in [0.15, 0.2) is 0 Å². The molecule has 0 aromatic heterocycles. The predicted octanol–water partition coefficient (Wildman–Crippen LogP) is 1.15. The molecule has 1 amide bonds. The van der Waals surface area contributed by atoms with Crippen LogP contribution in [0.15, 0.2) is 24.3 Å². The van der Waals surface area contributed by atoms with E-state index in [-0.39, 0.29) is 6.42 Å². The van der Waals surface area contributed by atoms with Crippen LogP contribution >= 0.6 is 0 Å². The third kappa shape index (κ3) is 7.14. The molecule has 122 valence electrons. The lowest BCUT2D eigenvalue weighted by Gasteiger charge is -2.15. The van der Waals surface area contributed by atoms with Crippen molar-refractivity contribution in [1.29, 1.82) is 0 Å². The first-order valence-electron chi connectivity index (χ1n) is 7.05. The van der Waals surface area contributed by atoms with Crippen LogP contribution in [0.1, 0.15) is 12.8 Å². The van der Waals surface area contributed by atoms with Crippen LogP contribution in [-0.4, -0.2) is 55.1 Å². The van der Waals surface area contributed by atoms with Crippen molar-refractivity contribution in [1.82, 2.24) is 10.2 Å². The lowest BCUT2D eigenvalue weighted by molar-refractivity contribution is -0.141. The Kier molecular flexibility index (Phi) is 7.48. The number of nitrogens with one attached hydrogen (secondary N) is 2. The van der Waals surface area contributed by atoms with Gasteiger partial charge in [-0.3, -0.25) is 9.59 Å². The monoisotopic (exact) mass is 311 g/mol. The van der Waals surface area contributed by atoms with E-state index in [0.29, 0.717) is 12.2 Å². The van der Waals surface area contributed by atoms with E-state index in [1.807, 2.05) is 19.0 Å². The summed E-state index contributed by atoms with van der Waals surface area (Å²) in [5, 5.41) is 14.5. The smallest absolute Gasteiger partial charge is 0.321 e. The van der Waals surface area contributed by atoms with E-state index in [0.717, 1.165) is 13.0 Å². The van der Waals surface area contributed by atoms with Crippen LogP contribution in [0, 0.1) is 5.82 Å². The summed E-state index contributed by atoms with van der Waals surface area (Å²) in [5.74, 6) is -1.90. The van der Waals surface area contributed by atoms with Crippen molar-refractivity contribution in [2.24, 2.45) is 0 Å². The van der Waals surface area contributed by atoms with Gasteiger partial charge in [0.25, 0.3) is 0 Å². The van der Waals surface area contributed by atoms with Crippen LogP contribution in [0.2, 0.25) is 0 Å². The molecule has 0 unspecified atom stereocenters. The first kappa shape index (κ1) is 18.1. The van der Waals surface area contributed by atoms with Gasteiger partial charge in [-0.05, 0) is 57.9 Å². The fraction of sp³-hybridized carbons (Fsp3) is 0.467. The first-order chi connectivity index (χ1) is 10.4. The molecule has 1 atom stereocenters. The van der Waals surface area contributed by atoms with Crippen LogP contribution < -0.4 is 10.6 Å². The maximum Gasteiger partial charge on any atom is 0.321 e. The number of amides is 1. The fourth-order valence-corrected chi connectivity index (χ4v) is 1.85. The van der Waals surface area contributed by atoms with E-state index in [4.69, 9.17) is 5.11 Å². The second-order valence-electron chi connectivity index (χ2n) is 5.26. The molecule has 1 aromatic carbocycles. The van der Waals surface area contributed by atoms with Crippen LogP contribution in [0.3, 0.4) is 0 Å². The molecule has 7 heteroatoms. The Bertz CT molecular complexity index is 491. The number of carboxylic acid groups (broad SMARTS) is 1. The number of rotatable bonds is 9. The number of nitrogens with zero attached hydrogens (tertiary/aromatic N) is 1. The number of aliphatic carboxylic acids is 1. The van der Waals surface area contributed by atoms with Crippen molar-refractivity contribution in [2.75, 3.05) is 32.5 Å². The van der Waals surface area contributed by atoms with Crippen LogP contribution in [0.25, 0.3) is 0 Å². The number of carbonyl (C=O) groups excluding carboxylic acids is 1. The molecule has 0 aliphatic heterocycles. The zero-order chi connectivity index (χ0) is 16.5. The molecular weight excluding hydrogens is 289 g/mol. The summed E-state index contributed by atoms with van der Waals surface area (Å²) >= 11 is 0. The van der Waals surface area contributed by atoms with Gasteiger partial charge in [0, 0.05) is 5.69 Å². The Hall–Kier alpha value is -1.99. The van der Waals surface area contributed by atoms with E-state index in [1.165, 1.54) is 24.3 Å². The Morgan fingerprint density at radius 3 is 2.45 bits per heavy atom. The molecule has 0 fully saturated rings. The highest BCUT2D eigenvalue weighted by atomic mass is 19.1. The Balaban J connectivity index is 2.43. The molecule has 0 aliphatic rings. The number of halogens is 1. The maximum atomic E-state index is 12.8. The van der Waals surface area contributed by atoms with Gasteiger partial charge in [0.2, 0.25) is 5.91 Å². The summed E-state index contributed by atoms with van der Waals surface area (Å²) in [6.45, 7) is 1.35. The van der Waals surface area contributed by atoms with E-state index in [1.54, 1.807) is 0 Å². The molecule has 0 saturated heterocycles. The largest absolute Gasteiger partial charge is 0.480 e. The molecular formula is C15H22FN3O3. The van der Waals surface area contributed by atoms with Gasteiger partial charge in [0.05, 0.1) is 6.42 Å². The standard InChI is InChI=1S/C15H22FN3O3/c1-19(2)9-3-8-17-13(15(21)22)10-14(20)18-12-6-4-11(16)5-7-12/h4-7,13,17H,3,8-10H2,1-2H3,(H,18,20)(H,21,22)/t13-/m0/s1. The highest BCUT2D eigenvalue weighted by Gasteiger charge is 2.20. The molecule has 1 aromatic rings. The van der Waals surface area contributed by atoms with Gasteiger partial charge < -0.3 is 20.6 Å². The van der Waals surface area contributed by atoms with Crippen LogP contribution in [0.5, 0.6) is 0 Å². The summed E-state index contributed by atoms with van der Waals surface area (Å²) < 4.78 is 12.8. The summed E-state index contributed by atoms with van der Waals surface area (Å²) in [6.07, 6.45) is 0.602. The minimum atomic E-state index is -1.07. The summed E-state index contributed by atoms with van der Waals surface area (Å²) in [5.41, 5.74) is 0.433. The molecule has 3 N–H and O–H groups in total. The number of hydrogen-bond donors (Lipinski definition) is 3. The molecule has 22 heavy (non-hydrogen) atoms. The van der Waals surface area contributed by atoms with E-state index in [9.17, 15) is 14.0 Å². The minimum absolute atomic E-state index is 0.186. The first-order valence-corrected chi connectivity index (χ1v) is 7.05. The summed E-state index contributed by atoms with van der Waals surface area (Å²) in [7, 11) is 3.87. The van der Waals surface area contributed by atoms with Crippen molar-refractivity contribution in [3.05, 3.63) is 30.1 Å². The Morgan fingerprint density at radius 1 is 1.27 bits per heavy atom. The zero-order valence-corrected chi connectivity index (χ0v) is 12.8. The van der Waals surface area contributed by atoms with Gasteiger partial charge in [-0.15, -0.1) is 0 Å². The third-order valence-corrected chi connectivity index (χ3v) is 2.99. The van der Waals surface area contributed by atoms with Crippen molar-refractivity contribution in [2.45, 2.75) is 18.9 Å². The average molecular weight is 311 g/mol. The van der Waals surface area contributed by atoms with Crippen molar-refractivity contribution < 1.29 is 19.1 Å². The van der Waals surface area contributed by atoms with Gasteiger partial charge in [-0.1, -0.05) is 0 Å². The number of carbonyl (C=O) groups is 2. The summed E-state index contributed by atoms with van der Waals surface area (Å²) in [4.78, 5) is 25.0. The maximum absolute atomic E-state index is 12.8. The molecule has 6 nitrogen and oxygen atoms in total. The molecule has 0 aliphatic carbocycles. The minimum Gasteiger partial charge on any atom is -0.480 e. The van der Waals surface area contributed by atoms with E-state index >= 15 is 0 Å². The Morgan fingerprint density at radius 2 is 1.91 bits per heavy atom.